The standard InChI is InChI=1S/C12H14BrF3N2O2S/c1-11(2,3)21(19)17-6-8-4-5-9(13)10(18-8)20-7-12(14,15)16/h4-6H,7H2,1-3H3. The van der Waals surface area contributed by atoms with Crippen molar-refractivity contribution in [2.75, 3.05) is 6.61 Å². The van der Waals surface area contributed by atoms with Gasteiger partial charge in [0.25, 0.3) is 0 Å². The van der Waals surface area contributed by atoms with Crippen LogP contribution in [-0.2, 0) is 11.0 Å². The van der Waals surface area contributed by atoms with E-state index in [9.17, 15) is 17.4 Å². The van der Waals surface area contributed by atoms with Crippen LogP contribution >= 0.6 is 15.9 Å². The summed E-state index contributed by atoms with van der Waals surface area (Å²) in [6, 6.07) is 3.01. The molecule has 0 aliphatic heterocycles. The van der Waals surface area contributed by atoms with E-state index in [1.54, 1.807) is 20.8 Å². The second kappa shape index (κ2) is 6.87. The molecular formula is C12H14BrF3N2O2S. The average Bonchev–Trinajstić information content (AvgIpc) is 2.33. The quantitative estimate of drug-likeness (QED) is 0.741. The SMILES string of the molecule is CC(C)(C)S(=O)N=Cc1ccc(Br)c(OCC(F)(F)F)n1. The molecule has 1 aromatic heterocycles. The Kier molecular flexibility index (Phi) is 5.92. The van der Waals surface area contributed by atoms with E-state index in [0.29, 0.717) is 4.47 Å². The van der Waals surface area contributed by atoms with Gasteiger partial charge in [-0.15, -0.1) is 0 Å². The summed E-state index contributed by atoms with van der Waals surface area (Å²) in [6.45, 7) is 3.83. The summed E-state index contributed by atoms with van der Waals surface area (Å²) in [6.07, 6.45) is -3.20. The minimum absolute atomic E-state index is 0.196. The number of ether oxygens (including phenoxy) is 1. The second-order valence-electron chi connectivity index (χ2n) is 5.02. The highest BCUT2D eigenvalue weighted by Gasteiger charge is 2.29. The maximum atomic E-state index is 12.1. The summed E-state index contributed by atoms with van der Waals surface area (Å²) in [5.74, 6) is -0.196. The van der Waals surface area contributed by atoms with Crippen molar-refractivity contribution in [1.82, 2.24) is 4.98 Å². The van der Waals surface area contributed by atoms with Crippen LogP contribution in [0.1, 0.15) is 26.5 Å². The largest absolute Gasteiger partial charge is 0.467 e. The van der Waals surface area contributed by atoms with E-state index < -0.39 is 28.5 Å². The average molecular weight is 387 g/mol. The van der Waals surface area contributed by atoms with Gasteiger partial charge >= 0.3 is 6.18 Å². The number of alkyl halides is 3. The Labute approximate surface area is 131 Å². The lowest BCUT2D eigenvalue weighted by atomic mass is 10.3. The van der Waals surface area contributed by atoms with Crippen molar-refractivity contribution in [3.63, 3.8) is 0 Å². The van der Waals surface area contributed by atoms with Gasteiger partial charge in [0.2, 0.25) is 5.88 Å². The van der Waals surface area contributed by atoms with E-state index in [2.05, 4.69) is 30.0 Å². The van der Waals surface area contributed by atoms with E-state index in [1.165, 1.54) is 18.3 Å². The van der Waals surface area contributed by atoms with E-state index in [-0.39, 0.29) is 11.6 Å². The van der Waals surface area contributed by atoms with Gasteiger partial charge in [-0.3, -0.25) is 0 Å². The van der Waals surface area contributed by atoms with Crippen LogP contribution < -0.4 is 4.74 Å². The Morgan fingerprint density at radius 1 is 1.38 bits per heavy atom. The topological polar surface area (TPSA) is 51.5 Å². The summed E-state index contributed by atoms with van der Waals surface area (Å²) in [5.41, 5.74) is 0.257. The molecule has 0 aromatic carbocycles. The summed E-state index contributed by atoms with van der Waals surface area (Å²) in [7, 11) is -1.47. The summed E-state index contributed by atoms with van der Waals surface area (Å²) < 4.78 is 56.3. The smallest absolute Gasteiger partial charge is 0.422 e. The highest BCUT2D eigenvalue weighted by molar-refractivity contribution is 9.10. The lowest BCUT2D eigenvalue weighted by molar-refractivity contribution is -0.154. The van der Waals surface area contributed by atoms with Crippen molar-refractivity contribution < 1.29 is 22.1 Å². The minimum Gasteiger partial charge on any atom is -0.467 e. The monoisotopic (exact) mass is 386 g/mol. The first-order valence-corrected chi connectivity index (χ1v) is 7.71. The molecule has 0 saturated carbocycles. The Balaban J connectivity index is 2.87. The summed E-state index contributed by atoms with van der Waals surface area (Å²) >= 11 is 3.05. The van der Waals surface area contributed by atoms with Crippen LogP contribution in [0.25, 0.3) is 0 Å². The number of aromatic nitrogens is 1. The minimum atomic E-state index is -4.45. The Morgan fingerprint density at radius 3 is 2.52 bits per heavy atom. The van der Waals surface area contributed by atoms with Gasteiger partial charge in [-0.25, -0.2) is 9.19 Å². The van der Waals surface area contributed by atoms with Crippen molar-refractivity contribution in [3.05, 3.63) is 22.3 Å². The zero-order chi connectivity index (χ0) is 16.3. The molecule has 1 aromatic rings. The van der Waals surface area contributed by atoms with Crippen LogP contribution in [0.3, 0.4) is 0 Å². The van der Waals surface area contributed by atoms with Gasteiger partial charge in [-0.1, -0.05) is 0 Å². The highest BCUT2D eigenvalue weighted by Crippen LogP contribution is 2.25. The number of hydrogen-bond acceptors (Lipinski definition) is 3. The van der Waals surface area contributed by atoms with E-state index in [0.717, 1.165) is 0 Å². The third-order valence-electron chi connectivity index (χ3n) is 2.01. The Bertz CT molecular complexity index is 556. The van der Waals surface area contributed by atoms with Crippen LogP contribution in [0.5, 0.6) is 5.88 Å². The number of halogens is 4. The first-order chi connectivity index (χ1) is 9.49. The third kappa shape index (κ3) is 6.56. The van der Waals surface area contributed by atoms with Gasteiger partial charge in [-0.05, 0) is 48.8 Å². The molecule has 118 valence electrons. The van der Waals surface area contributed by atoms with Crippen LogP contribution in [0.15, 0.2) is 21.0 Å². The normalized spacial score (nSPS) is 14.4. The molecule has 1 rings (SSSR count). The molecule has 0 fully saturated rings. The molecule has 0 N–H and O–H groups in total. The van der Waals surface area contributed by atoms with Crippen LogP contribution in [0, 0.1) is 0 Å². The fourth-order valence-electron chi connectivity index (χ4n) is 1.02. The van der Waals surface area contributed by atoms with Crippen molar-refractivity contribution in [2.24, 2.45) is 4.40 Å². The van der Waals surface area contributed by atoms with Crippen LogP contribution in [-0.4, -0.2) is 32.9 Å². The summed E-state index contributed by atoms with van der Waals surface area (Å²) in [5, 5.41) is 0. The molecule has 1 heterocycles. The van der Waals surface area contributed by atoms with Crippen LogP contribution in [0.4, 0.5) is 13.2 Å². The summed E-state index contributed by atoms with van der Waals surface area (Å²) in [4.78, 5) is 3.88. The predicted molar refractivity (Wildman–Crippen MR) is 79.0 cm³/mol. The number of nitrogens with zero attached hydrogens (tertiary/aromatic N) is 2. The van der Waals surface area contributed by atoms with Gasteiger partial charge < -0.3 is 4.74 Å². The predicted octanol–water partition coefficient (Wildman–Crippen LogP) is 3.67. The molecule has 4 nitrogen and oxygen atoms in total. The van der Waals surface area contributed by atoms with Gasteiger partial charge in [0, 0.05) is 0 Å². The van der Waals surface area contributed by atoms with Gasteiger partial charge in [0.15, 0.2) is 6.61 Å². The molecule has 0 aliphatic carbocycles. The van der Waals surface area contributed by atoms with Crippen molar-refractivity contribution in [3.8, 4) is 5.88 Å². The Morgan fingerprint density at radius 2 is 2.00 bits per heavy atom. The zero-order valence-corrected chi connectivity index (χ0v) is 14.0. The lowest BCUT2D eigenvalue weighted by Gasteiger charge is -2.13. The molecule has 21 heavy (non-hydrogen) atoms. The highest BCUT2D eigenvalue weighted by atomic mass is 79.9. The first kappa shape index (κ1) is 18.1. The first-order valence-electron chi connectivity index (χ1n) is 5.81. The van der Waals surface area contributed by atoms with Crippen molar-refractivity contribution in [1.29, 1.82) is 0 Å². The molecule has 0 bridgehead atoms. The van der Waals surface area contributed by atoms with E-state index >= 15 is 0 Å². The maximum Gasteiger partial charge on any atom is 0.422 e. The van der Waals surface area contributed by atoms with Gasteiger partial charge in [0.1, 0.15) is 11.0 Å². The molecule has 1 unspecified atom stereocenters. The Hall–Kier alpha value is -0.960. The molecule has 0 amide bonds. The molecule has 0 saturated heterocycles. The molecule has 9 heteroatoms. The van der Waals surface area contributed by atoms with Crippen LogP contribution in [0.2, 0.25) is 0 Å². The second-order valence-corrected chi connectivity index (χ2v) is 7.81. The number of pyridine rings is 1. The van der Waals surface area contributed by atoms with Gasteiger partial charge in [0.05, 0.1) is 21.1 Å². The molecular weight excluding hydrogens is 373 g/mol. The third-order valence-corrected chi connectivity index (χ3v) is 3.96. The lowest BCUT2D eigenvalue weighted by Crippen LogP contribution is -2.20. The van der Waals surface area contributed by atoms with E-state index in [1.807, 2.05) is 0 Å². The zero-order valence-electron chi connectivity index (χ0n) is 11.6. The van der Waals surface area contributed by atoms with E-state index in [4.69, 9.17) is 0 Å². The fraction of sp³-hybridized carbons (Fsp3) is 0.500. The molecule has 0 spiro atoms. The molecule has 1 atom stereocenters. The number of rotatable bonds is 4. The van der Waals surface area contributed by atoms with Crippen molar-refractivity contribution in [2.45, 2.75) is 31.7 Å². The van der Waals surface area contributed by atoms with Gasteiger partial charge in [-0.2, -0.15) is 17.6 Å². The van der Waals surface area contributed by atoms with Crippen molar-refractivity contribution >= 4 is 33.1 Å². The molecule has 0 radical (unpaired) electrons. The number of hydrogen-bond donors (Lipinski definition) is 0. The molecule has 0 aliphatic rings. The fourth-order valence-corrected chi connectivity index (χ4v) is 1.88. The maximum absolute atomic E-state index is 12.1.